The number of carbonyl (C=O) groups excluding carboxylic acids is 2. The monoisotopic (exact) mass is 937 g/mol. The zero-order valence-corrected chi connectivity index (χ0v) is 39.5. The fraction of sp³-hybridized carbons (Fsp3) is 0.718. The second-order valence-corrected chi connectivity index (χ2v) is 34.8. The molecule has 1 rings (SSSR count). The number of hydrogen-bond donors (Lipinski definition) is 0. The molecule has 0 aromatic carbocycles. The molecule has 6 nitrogen and oxygen atoms in total. The quantitative estimate of drug-likeness (QED) is 0.0445. The number of esters is 2. The normalized spacial score (nSPS) is 15.1. The minimum atomic E-state index is -2.62. The average Bonchev–Trinajstić information content (AvgIpc) is 3.50. The fourth-order valence-corrected chi connectivity index (χ4v) is 21.7. The van der Waals surface area contributed by atoms with Crippen molar-refractivity contribution in [1.82, 2.24) is 4.98 Å². The topological polar surface area (TPSA) is 74.7 Å². The van der Waals surface area contributed by atoms with Gasteiger partial charge in [-0.25, -0.2) is 4.79 Å². The summed E-state index contributed by atoms with van der Waals surface area (Å²) >= 11 is 1.18. The number of halogens is 1. The van der Waals surface area contributed by atoms with Gasteiger partial charge in [-0.2, -0.15) is 0 Å². The van der Waals surface area contributed by atoms with Gasteiger partial charge in [0.05, 0.1) is 0 Å². The first-order valence-corrected chi connectivity index (χ1v) is 31.4. The first-order chi connectivity index (χ1) is 23.0. The summed E-state index contributed by atoms with van der Waals surface area (Å²) in [5.41, 5.74) is 2.17. The number of ether oxygens (including phenoxy) is 2. The Balaban J connectivity index is 3.07. The second kappa shape index (κ2) is 23.9. The van der Waals surface area contributed by atoms with Crippen molar-refractivity contribution in [1.29, 1.82) is 0 Å². The van der Waals surface area contributed by atoms with E-state index in [0.29, 0.717) is 19.4 Å². The zero-order chi connectivity index (χ0) is 37.1. The molecule has 0 N–H and O–H groups in total. The first-order valence-electron chi connectivity index (χ1n) is 18.6. The summed E-state index contributed by atoms with van der Waals surface area (Å²) in [5.74, 6) is -0.424. The standard InChI is InChI=1S/C27H41INO5SSi.3C4H9.Sn/c1-10-25(30)34-22(17-32-36(8,9)27(5,6)7)15-24-29-23(18-35-24)20(3)12-11-13-26(31)33-21(4)14-19(2)16-28;3*1-3-4-2;/h1,10-11,13,16,18,20-22H,12,14-15,17H2,2-9H3;3*1,3-4H2,2H3;/b10-1?,13-11+,19-16+;;;;/t20-,21-,22-;;;;/m0..../s1. The van der Waals surface area contributed by atoms with Crippen molar-refractivity contribution < 1.29 is 23.5 Å². The van der Waals surface area contributed by atoms with Gasteiger partial charge in [-0.3, -0.25) is 0 Å². The van der Waals surface area contributed by atoms with Crippen molar-refractivity contribution in [3.05, 3.63) is 48.1 Å². The van der Waals surface area contributed by atoms with Gasteiger partial charge in [-0.05, 0) is 17.9 Å². The van der Waals surface area contributed by atoms with E-state index < -0.39 is 32.8 Å². The molecule has 0 amide bonds. The van der Waals surface area contributed by atoms with Gasteiger partial charge in [-0.15, -0.1) is 0 Å². The Morgan fingerprint density at radius 3 is 2.08 bits per heavy atom. The Bertz CT molecular complexity index is 1190. The zero-order valence-electron chi connectivity index (χ0n) is 32.7. The number of rotatable bonds is 24. The maximum absolute atomic E-state index is 13.5. The molecule has 0 radical (unpaired) electrons. The molecule has 280 valence electrons. The van der Waals surface area contributed by atoms with E-state index in [1.165, 1.54) is 63.5 Å². The number of unbranched alkanes of at least 4 members (excludes halogenated alkanes) is 3. The van der Waals surface area contributed by atoms with E-state index in [1.54, 1.807) is 17.4 Å². The molecule has 0 bridgehead atoms. The number of allylic oxidation sites excluding steroid dienone is 1. The van der Waals surface area contributed by atoms with E-state index >= 15 is 0 Å². The molecule has 0 saturated carbocycles. The van der Waals surface area contributed by atoms with Crippen LogP contribution in [0.2, 0.25) is 31.4 Å². The summed E-state index contributed by atoms with van der Waals surface area (Å²) in [6.45, 7) is 24.4. The Kier molecular flexibility index (Phi) is 22.7. The van der Waals surface area contributed by atoms with Crippen molar-refractivity contribution in [3.63, 3.8) is 0 Å². The number of hydrogen-bond acceptors (Lipinski definition) is 7. The van der Waals surface area contributed by atoms with Crippen LogP contribution in [0.4, 0.5) is 0 Å². The number of aromatic nitrogens is 1. The van der Waals surface area contributed by atoms with Gasteiger partial charge in [0.25, 0.3) is 0 Å². The summed E-state index contributed by atoms with van der Waals surface area (Å²) in [6.07, 6.45) is 13.9. The van der Waals surface area contributed by atoms with Crippen LogP contribution in [0.1, 0.15) is 130 Å². The Morgan fingerprint density at radius 1 is 0.980 bits per heavy atom. The third kappa shape index (κ3) is 18.7. The van der Waals surface area contributed by atoms with Crippen LogP contribution in [0, 0.1) is 0 Å². The molecule has 0 aliphatic rings. The van der Waals surface area contributed by atoms with Gasteiger partial charge in [0.15, 0.2) is 0 Å². The molecule has 3 atom stereocenters. The van der Waals surface area contributed by atoms with Crippen molar-refractivity contribution in [2.45, 2.75) is 170 Å². The maximum atomic E-state index is 13.5. The first kappa shape index (κ1) is 46.5. The van der Waals surface area contributed by atoms with Crippen molar-refractivity contribution in [2.75, 3.05) is 6.61 Å². The van der Waals surface area contributed by atoms with Crippen molar-refractivity contribution >= 4 is 72.6 Å². The number of carbonyl (C=O) groups is 2. The second-order valence-electron chi connectivity index (χ2n) is 15.5. The van der Waals surface area contributed by atoms with Crippen LogP contribution in [-0.4, -0.2) is 62.4 Å². The molecule has 1 aromatic rings. The van der Waals surface area contributed by atoms with E-state index in [-0.39, 0.29) is 29.0 Å². The fourth-order valence-electron chi connectivity index (χ4n) is 5.42. The molecule has 0 aliphatic heterocycles. The molecule has 1 aromatic heterocycles. The molecule has 0 fully saturated rings. The van der Waals surface area contributed by atoms with Crippen LogP contribution in [0.3, 0.4) is 0 Å². The molecule has 0 spiro atoms. The molecule has 0 saturated heterocycles. The van der Waals surface area contributed by atoms with Gasteiger partial charge in [0.2, 0.25) is 0 Å². The van der Waals surface area contributed by atoms with Crippen LogP contribution in [-0.2, 0) is 29.9 Å². The van der Waals surface area contributed by atoms with Gasteiger partial charge in [0.1, 0.15) is 6.10 Å². The summed E-state index contributed by atoms with van der Waals surface area (Å²) in [5, 5.41) is 3.07. The van der Waals surface area contributed by atoms with Crippen molar-refractivity contribution in [3.8, 4) is 0 Å². The van der Waals surface area contributed by atoms with Crippen molar-refractivity contribution in [2.24, 2.45) is 0 Å². The third-order valence-corrected chi connectivity index (χ3v) is 30.2. The number of thiazole rings is 1. The van der Waals surface area contributed by atoms with Crippen LogP contribution in [0.5, 0.6) is 0 Å². The van der Waals surface area contributed by atoms with Crippen LogP contribution in [0.25, 0.3) is 0 Å². The third-order valence-electron chi connectivity index (χ3n) is 9.71. The van der Waals surface area contributed by atoms with E-state index in [2.05, 4.69) is 93.6 Å². The molecular weight excluding hydrogens is 868 g/mol. The summed E-state index contributed by atoms with van der Waals surface area (Å²) < 4.78 is 26.7. The minimum absolute atomic E-state index is 0.0559. The average molecular weight is 937 g/mol. The van der Waals surface area contributed by atoms with Crippen LogP contribution < -0.4 is 0 Å². The van der Waals surface area contributed by atoms with Gasteiger partial charge in [0, 0.05) is 12.5 Å². The molecular formula is C39H68INO5SSiSn. The number of nitrogens with zero attached hydrogens (tertiary/aromatic N) is 1. The van der Waals surface area contributed by atoms with Crippen LogP contribution >= 0.6 is 33.9 Å². The molecule has 1 heterocycles. The Hall–Kier alpha value is -0.504. The Morgan fingerprint density at radius 2 is 1.55 bits per heavy atom. The summed E-state index contributed by atoms with van der Waals surface area (Å²) in [7, 11) is -2.05. The van der Waals surface area contributed by atoms with Crippen LogP contribution in [0.15, 0.2) is 37.4 Å². The summed E-state index contributed by atoms with van der Waals surface area (Å²) in [4.78, 5) is 30.7. The predicted octanol–water partition coefficient (Wildman–Crippen LogP) is 12.3. The van der Waals surface area contributed by atoms with E-state index in [4.69, 9.17) is 18.9 Å². The molecule has 0 unspecified atom stereocenters. The van der Waals surface area contributed by atoms with Gasteiger partial charge < -0.3 is 4.74 Å². The Labute approximate surface area is 322 Å². The van der Waals surface area contributed by atoms with Gasteiger partial charge in [-0.1, -0.05) is 28.2 Å². The van der Waals surface area contributed by atoms with Gasteiger partial charge >= 0.3 is 251 Å². The van der Waals surface area contributed by atoms with E-state index in [0.717, 1.165) is 17.1 Å². The molecule has 49 heavy (non-hydrogen) atoms. The summed E-state index contributed by atoms with van der Waals surface area (Å²) in [6, 6.07) is 0. The SMILES string of the molecule is CCC[CH2][Sn](/[CH]=C\C(=O)O[C@H](CO[Si](C)(C)C(C)(C)C)Cc1nc([C@@H](C)C/C=C/C(=O)O[C@@H](C)C/C(C)=C/I)cs1)([CH2]CCC)[CH2]CCC. The predicted molar refractivity (Wildman–Crippen MR) is 223 cm³/mol. The molecule has 10 heteroatoms. The van der Waals surface area contributed by atoms with E-state index in [9.17, 15) is 9.59 Å². The molecule has 0 aliphatic carbocycles. The van der Waals surface area contributed by atoms with E-state index in [1.807, 2.05) is 24.0 Å².